The van der Waals surface area contributed by atoms with Gasteiger partial charge in [-0.25, -0.2) is 0 Å². The quantitative estimate of drug-likeness (QED) is 0.758. The van der Waals surface area contributed by atoms with E-state index in [1.807, 2.05) is 14.1 Å². The lowest BCUT2D eigenvalue weighted by Crippen LogP contribution is -2.26. The minimum Gasteiger partial charge on any atom is -0.301 e. The first-order valence-electron chi connectivity index (χ1n) is 7.21. The number of rotatable bonds is 6. The van der Waals surface area contributed by atoms with E-state index >= 15 is 0 Å². The van der Waals surface area contributed by atoms with E-state index in [2.05, 4.69) is 56.0 Å². The molecule has 0 saturated heterocycles. The predicted octanol–water partition coefficient (Wildman–Crippen LogP) is 4.35. The van der Waals surface area contributed by atoms with Gasteiger partial charge in [-0.05, 0) is 44.0 Å². The third-order valence-electron chi connectivity index (χ3n) is 4.00. The minimum atomic E-state index is 0.0458. The van der Waals surface area contributed by atoms with Gasteiger partial charge < -0.3 is 4.90 Å². The van der Waals surface area contributed by atoms with Gasteiger partial charge in [-0.1, -0.05) is 45.0 Å². The highest BCUT2D eigenvalue weighted by Gasteiger charge is 2.23. The van der Waals surface area contributed by atoms with Crippen molar-refractivity contribution >= 4 is 0 Å². The number of nitriles is 1. The van der Waals surface area contributed by atoms with Crippen molar-refractivity contribution in [1.82, 2.24) is 4.90 Å². The van der Waals surface area contributed by atoms with Gasteiger partial charge in [0.2, 0.25) is 0 Å². The van der Waals surface area contributed by atoms with Gasteiger partial charge in [0.25, 0.3) is 0 Å². The van der Waals surface area contributed by atoms with Crippen LogP contribution in [-0.2, 0) is 0 Å². The Balaban J connectivity index is 3.02. The summed E-state index contributed by atoms with van der Waals surface area (Å²) in [5, 5.41) is 9.31. The number of hydrogen-bond donors (Lipinski definition) is 0. The van der Waals surface area contributed by atoms with Crippen LogP contribution in [0.3, 0.4) is 0 Å². The van der Waals surface area contributed by atoms with E-state index in [9.17, 15) is 5.26 Å². The smallest absolute Gasteiger partial charge is 0.0675 e. The molecule has 0 aromatic heterocycles. The molecule has 0 N–H and O–H groups in total. The average molecular weight is 258 g/mol. The summed E-state index contributed by atoms with van der Waals surface area (Å²) >= 11 is 0. The maximum atomic E-state index is 9.31. The molecule has 2 heteroatoms. The highest BCUT2D eigenvalue weighted by Crippen LogP contribution is 2.30. The standard InChI is InChI=1S/C17H26N2/c1-6-13(3)15-8-10-16(11-9-15)17(19(4)5)14(7-2)12-18/h8-11,13-14,17H,6-7H2,1-5H3. The molecule has 0 amide bonds. The molecule has 1 aromatic rings. The Bertz CT molecular complexity index is 414. The summed E-state index contributed by atoms with van der Waals surface area (Å²) < 4.78 is 0. The van der Waals surface area contributed by atoms with Crippen molar-refractivity contribution in [3.63, 3.8) is 0 Å². The molecule has 0 radical (unpaired) electrons. The molecule has 0 aliphatic rings. The molecule has 1 aromatic carbocycles. The van der Waals surface area contributed by atoms with E-state index < -0.39 is 0 Å². The Labute approximate surface area is 118 Å². The molecule has 0 fully saturated rings. The zero-order chi connectivity index (χ0) is 14.4. The molecule has 0 aliphatic heterocycles. The Morgan fingerprint density at radius 3 is 1.95 bits per heavy atom. The maximum Gasteiger partial charge on any atom is 0.0675 e. The summed E-state index contributed by atoms with van der Waals surface area (Å²) in [7, 11) is 4.10. The second-order valence-corrected chi connectivity index (χ2v) is 5.53. The SMILES string of the molecule is CCC(C)c1ccc(C(C(C#N)CC)N(C)C)cc1. The van der Waals surface area contributed by atoms with Crippen molar-refractivity contribution in [2.45, 2.75) is 45.6 Å². The summed E-state index contributed by atoms with van der Waals surface area (Å²) in [6.45, 7) is 6.55. The fraction of sp³-hybridized carbons (Fsp3) is 0.588. The van der Waals surface area contributed by atoms with Gasteiger partial charge in [-0.15, -0.1) is 0 Å². The Morgan fingerprint density at radius 2 is 1.58 bits per heavy atom. The number of nitrogens with zero attached hydrogens (tertiary/aromatic N) is 2. The van der Waals surface area contributed by atoms with Gasteiger partial charge in [-0.3, -0.25) is 0 Å². The van der Waals surface area contributed by atoms with E-state index in [0.717, 1.165) is 12.8 Å². The molecular weight excluding hydrogens is 232 g/mol. The van der Waals surface area contributed by atoms with Crippen LogP contribution in [0.4, 0.5) is 0 Å². The molecule has 1 rings (SSSR count). The van der Waals surface area contributed by atoms with Crippen molar-refractivity contribution < 1.29 is 0 Å². The number of benzene rings is 1. The fourth-order valence-corrected chi connectivity index (χ4v) is 2.53. The van der Waals surface area contributed by atoms with Gasteiger partial charge in [-0.2, -0.15) is 5.26 Å². The topological polar surface area (TPSA) is 27.0 Å². The van der Waals surface area contributed by atoms with Gasteiger partial charge in [0.05, 0.1) is 18.0 Å². The summed E-state index contributed by atoms with van der Waals surface area (Å²) in [5.74, 6) is 0.647. The highest BCUT2D eigenvalue weighted by atomic mass is 15.1. The predicted molar refractivity (Wildman–Crippen MR) is 81.0 cm³/mol. The summed E-state index contributed by atoms with van der Waals surface area (Å²) in [5.41, 5.74) is 2.62. The van der Waals surface area contributed by atoms with Crippen molar-refractivity contribution in [2.24, 2.45) is 5.92 Å². The van der Waals surface area contributed by atoms with Crippen LogP contribution in [0.25, 0.3) is 0 Å². The molecule has 2 nitrogen and oxygen atoms in total. The summed E-state index contributed by atoms with van der Waals surface area (Å²) in [6, 6.07) is 11.4. The van der Waals surface area contributed by atoms with Crippen LogP contribution in [0.15, 0.2) is 24.3 Å². The van der Waals surface area contributed by atoms with Crippen molar-refractivity contribution in [2.75, 3.05) is 14.1 Å². The van der Waals surface area contributed by atoms with Crippen molar-refractivity contribution in [3.8, 4) is 6.07 Å². The summed E-state index contributed by atoms with van der Waals surface area (Å²) in [4.78, 5) is 2.15. The van der Waals surface area contributed by atoms with Crippen LogP contribution in [0.5, 0.6) is 0 Å². The van der Waals surface area contributed by atoms with Crippen LogP contribution in [-0.4, -0.2) is 19.0 Å². The Kier molecular flexibility index (Phi) is 6.05. The molecule has 104 valence electrons. The molecule has 0 bridgehead atoms. The lowest BCUT2D eigenvalue weighted by Gasteiger charge is -2.28. The van der Waals surface area contributed by atoms with Gasteiger partial charge >= 0.3 is 0 Å². The van der Waals surface area contributed by atoms with Gasteiger partial charge in [0, 0.05) is 0 Å². The molecule has 0 saturated carbocycles. The first-order chi connectivity index (χ1) is 9.04. The van der Waals surface area contributed by atoms with E-state index in [1.54, 1.807) is 0 Å². The Morgan fingerprint density at radius 1 is 1.05 bits per heavy atom. The zero-order valence-corrected chi connectivity index (χ0v) is 12.9. The van der Waals surface area contributed by atoms with Crippen molar-refractivity contribution in [3.05, 3.63) is 35.4 Å². The third kappa shape index (κ3) is 3.81. The lowest BCUT2D eigenvalue weighted by molar-refractivity contribution is 0.241. The monoisotopic (exact) mass is 258 g/mol. The van der Waals surface area contributed by atoms with Crippen LogP contribution in [0.2, 0.25) is 0 Å². The molecule has 3 atom stereocenters. The minimum absolute atomic E-state index is 0.0458. The second kappa shape index (κ2) is 7.31. The van der Waals surface area contributed by atoms with Crippen molar-refractivity contribution in [1.29, 1.82) is 5.26 Å². The largest absolute Gasteiger partial charge is 0.301 e. The van der Waals surface area contributed by atoms with E-state index in [1.165, 1.54) is 11.1 Å². The Hall–Kier alpha value is -1.33. The third-order valence-corrected chi connectivity index (χ3v) is 4.00. The molecule has 19 heavy (non-hydrogen) atoms. The number of hydrogen-bond acceptors (Lipinski definition) is 2. The molecular formula is C17H26N2. The van der Waals surface area contributed by atoms with Crippen LogP contribution in [0, 0.1) is 17.2 Å². The van der Waals surface area contributed by atoms with Crippen LogP contribution in [0.1, 0.15) is 56.7 Å². The molecule has 0 aliphatic carbocycles. The van der Waals surface area contributed by atoms with Gasteiger partial charge in [0.1, 0.15) is 0 Å². The first-order valence-corrected chi connectivity index (χ1v) is 7.21. The van der Waals surface area contributed by atoms with Crippen LogP contribution >= 0.6 is 0 Å². The maximum absolute atomic E-state index is 9.31. The fourth-order valence-electron chi connectivity index (χ4n) is 2.53. The zero-order valence-electron chi connectivity index (χ0n) is 12.9. The molecule has 0 heterocycles. The lowest BCUT2D eigenvalue weighted by atomic mass is 9.89. The second-order valence-electron chi connectivity index (χ2n) is 5.53. The first kappa shape index (κ1) is 15.7. The highest BCUT2D eigenvalue weighted by molar-refractivity contribution is 5.28. The van der Waals surface area contributed by atoms with E-state index in [4.69, 9.17) is 0 Å². The summed E-state index contributed by atoms with van der Waals surface area (Å²) in [6.07, 6.45) is 2.04. The molecule has 3 unspecified atom stereocenters. The normalized spacial score (nSPS) is 15.8. The van der Waals surface area contributed by atoms with E-state index in [0.29, 0.717) is 5.92 Å². The average Bonchev–Trinajstić information content (AvgIpc) is 2.43. The molecule has 0 spiro atoms. The van der Waals surface area contributed by atoms with Gasteiger partial charge in [0.15, 0.2) is 0 Å². The van der Waals surface area contributed by atoms with Crippen LogP contribution < -0.4 is 0 Å². The van der Waals surface area contributed by atoms with E-state index in [-0.39, 0.29) is 12.0 Å².